The van der Waals surface area contributed by atoms with E-state index in [0.717, 1.165) is 39.6 Å². The molecule has 49 heavy (non-hydrogen) atoms. The monoisotopic (exact) mass is 709 g/mol. The Labute approximate surface area is 299 Å². The second kappa shape index (κ2) is 16.3. The van der Waals surface area contributed by atoms with Gasteiger partial charge in [-0.15, -0.1) is 23.1 Å². The van der Waals surface area contributed by atoms with Crippen molar-refractivity contribution in [3.05, 3.63) is 147 Å². The molecule has 2 N–H and O–H groups in total. The van der Waals surface area contributed by atoms with Crippen molar-refractivity contribution in [3.63, 3.8) is 0 Å². The molecule has 0 saturated carbocycles. The Kier molecular flexibility index (Phi) is 11.5. The molecule has 0 spiro atoms. The molecule has 0 fully saturated rings. The highest BCUT2D eigenvalue weighted by atomic mass is 35.5. The van der Waals surface area contributed by atoms with Gasteiger partial charge in [-0.1, -0.05) is 90.5 Å². The second-order valence-corrected chi connectivity index (χ2v) is 14.4. The first-order chi connectivity index (χ1) is 23.9. The number of thiophene rings is 1. The molecule has 250 valence electrons. The van der Waals surface area contributed by atoms with E-state index in [4.69, 9.17) is 16.3 Å². The highest BCUT2D eigenvalue weighted by Crippen LogP contribution is 2.41. The SMILES string of the molecule is CCOC(=O)c1c(NC(=O)C(Sc2cccc(NC(=O)Cc3ccc(Cl)cc3)c2)c2ccccc2)sc2c1CCN(Cc1ccccc1)C2. The first kappa shape index (κ1) is 34.5. The van der Waals surface area contributed by atoms with Crippen molar-refractivity contribution in [2.75, 3.05) is 23.8 Å². The number of hydrogen-bond donors (Lipinski definition) is 2. The third-order valence-electron chi connectivity index (χ3n) is 8.09. The van der Waals surface area contributed by atoms with Crippen molar-refractivity contribution < 1.29 is 19.1 Å². The number of hydrogen-bond acceptors (Lipinski definition) is 7. The van der Waals surface area contributed by atoms with Crippen LogP contribution in [0.1, 0.15) is 49.7 Å². The topological polar surface area (TPSA) is 87.7 Å². The van der Waals surface area contributed by atoms with Crippen LogP contribution < -0.4 is 10.6 Å². The molecule has 1 aliphatic heterocycles. The van der Waals surface area contributed by atoms with Gasteiger partial charge in [-0.25, -0.2) is 4.79 Å². The van der Waals surface area contributed by atoms with Gasteiger partial charge in [0.2, 0.25) is 11.8 Å². The number of esters is 1. The average Bonchev–Trinajstić information content (AvgIpc) is 3.46. The third kappa shape index (κ3) is 8.99. The lowest BCUT2D eigenvalue weighted by Gasteiger charge is -2.27. The summed E-state index contributed by atoms with van der Waals surface area (Å²) in [5, 5.41) is 6.59. The number of anilines is 2. The van der Waals surface area contributed by atoms with Gasteiger partial charge in [-0.05, 0) is 65.9 Å². The molecule has 2 amide bonds. The van der Waals surface area contributed by atoms with Crippen molar-refractivity contribution in [1.82, 2.24) is 4.90 Å². The largest absolute Gasteiger partial charge is 0.462 e. The minimum Gasteiger partial charge on any atom is -0.462 e. The summed E-state index contributed by atoms with van der Waals surface area (Å²) in [6, 6.07) is 34.5. The van der Waals surface area contributed by atoms with Crippen LogP contribution in [-0.4, -0.2) is 35.8 Å². The molecule has 1 aliphatic rings. The van der Waals surface area contributed by atoms with Gasteiger partial charge in [0.15, 0.2) is 0 Å². The summed E-state index contributed by atoms with van der Waals surface area (Å²) in [5.41, 5.74) is 4.94. The summed E-state index contributed by atoms with van der Waals surface area (Å²) in [6.07, 6.45) is 0.900. The average molecular weight is 710 g/mol. The zero-order chi connectivity index (χ0) is 34.2. The number of nitrogens with one attached hydrogen (secondary N) is 2. The van der Waals surface area contributed by atoms with Crippen LogP contribution >= 0.6 is 34.7 Å². The molecule has 1 unspecified atom stereocenters. The normalized spacial score (nSPS) is 13.3. The van der Waals surface area contributed by atoms with E-state index in [9.17, 15) is 14.4 Å². The number of nitrogens with zero attached hydrogens (tertiary/aromatic N) is 1. The van der Waals surface area contributed by atoms with E-state index in [1.807, 2.05) is 84.9 Å². The summed E-state index contributed by atoms with van der Waals surface area (Å²) in [4.78, 5) is 44.5. The second-order valence-electron chi connectivity index (χ2n) is 11.7. The lowest BCUT2D eigenvalue weighted by Crippen LogP contribution is -2.30. The summed E-state index contributed by atoms with van der Waals surface area (Å²) in [6.45, 7) is 4.32. The first-order valence-electron chi connectivity index (χ1n) is 16.1. The summed E-state index contributed by atoms with van der Waals surface area (Å²) < 4.78 is 5.48. The number of ether oxygens (including phenoxy) is 1. The summed E-state index contributed by atoms with van der Waals surface area (Å²) >= 11 is 8.81. The van der Waals surface area contributed by atoms with E-state index in [1.54, 1.807) is 19.1 Å². The van der Waals surface area contributed by atoms with Crippen molar-refractivity contribution in [1.29, 1.82) is 0 Å². The van der Waals surface area contributed by atoms with Crippen LogP contribution in [0.5, 0.6) is 0 Å². The van der Waals surface area contributed by atoms with E-state index < -0.39 is 11.2 Å². The summed E-state index contributed by atoms with van der Waals surface area (Å²) in [5.74, 6) is -0.825. The van der Waals surface area contributed by atoms with Gasteiger partial charge in [0.05, 0.1) is 18.6 Å². The van der Waals surface area contributed by atoms with Crippen LogP contribution in [0.15, 0.2) is 114 Å². The molecule has 10 heteroatoms. The van der Waals surface area contributed by atoms with Crippen LogP contribution in [-0.2, 0) is 40.3 Å². The molecule has 5 aromatic rings. The Morgan fingerprint density at radius 1 is 0.898 bits per heavy atom. The van der Waals surface area contributed by atoms with Crippen LogP contribution in [0, 0.1) is 0 Å². The quantitative estimate of drug-likeness (QED) is 0.0995. The first-order valence-corrected chi connectivity index (χ1v) is 18.2. The van der Waals surface area contributed by atoms with Gasteiger partial charge in [-0.2, -0.15) is 0 Å². The number of amides is 2. The van der Waals surface area contributed by atoms with Gasteiger partial charge in [0.25, 0.3) is 0 Å². The van der Waals surface area contributed by atoms with Crippen LogP contribution in [0.4, 0.5) is 10.7 Å². The Bertz CT molecular complexity index is 1920. The number of rotatable bonds is 12. The highest BCUT2D eigenvalue weighted by Gasteiger charge is 2.31. The fourth-order valence-electron chi connectivity index (χ4n) is 5.79. The molecule has 0 saturated heterocycles. The molecule has 1 atom stereocenters. The molecule has 2 heterocycles. The Morgan fingerprint density at radius 3 is 2.37 bits per heavy atom. The van der Waals surface area contributed by atoms with Gasteiger partial charge < -0.3 is 15.4 Å². The zero-order valence-corrected chi connectivity index (χ0v) is 29.4. The Hall–Kier alpha value is -4.41. The summed E-state index contributed by atoms with van der Waals surface area (Å²) in [7, 11) is 0. The van der Waals surface area contributed by atoms with E-state index in [1.165, 1.54) is 28.7 Å². The van der Waals surface area contributed by atoms with Gasteiger partial charge >= 0.3 is 5.97 Å². The van der Waals surface area contributed by atoms with E-state index in [0.29, 0.717) is 34.2 Å². The number of carbonyl (C=O) groups excluding carboxylic acids is 3. The van der Waals surface area contributed by atoms with Crippen molar-refractivity contribution in [3.8, 4) is 0 Å². The fraction of sp³-hybridized carbons (Fsp3) is 0.205. The minimum atomic E-state index is -0.634. The number of halogens is 1. The Morgan fingerprint density at radius 2 is 1.63 bits per heavy atom. The van der Waals surface area contributed by atoms with Crippen molar-refractivity contribution in [2.45, 2.75) is 43.0 Å². The molecular weight excluding hydrogens is 674 g/mol. The maximum Gasteiger partial charge on any atom is 0.341 e. The van der Waals surface area contributed by atoms with E-state index >= 15 is 0 Å². The van der Waals surface area contributed by atoms with Crippen LogP contribution in [0.25, 0.3) is 0 Å². The lowest BCUT2D eigenvalue weighted by atomic mass is 10.0. The van der Waals surface area contributed by atoms with Crippen LogP contribution in [0.3, 0.4) is 0 Å². The fourth-order valence-corrected chi connectivity index (χ4v) is 8.29. The maximum atomic E-state index is 14.2. The number of thioether (sulfide) groups is 1. The molecule has 7 nitrogen and oxygen atoms in total. The molecule has 6 rings (SSSR count). The molecule has 0 aliphatic carbocycles. The van der Waals surface area contributed by atoms with E-state index in [-0.39, 0.29) is 24.8 Å². The lowest BCUT2D eigenvalue weighted by molar-refractivity contribution is -0.116. The molecule has 1 aromatic heterocycles. The van der Waals surface area contributed by atoms with Gasteiger partial charge in [-0.3, -0.25) is 14.5 Å². The third-order valence-corrected chi connectivity index (χ3v) is 10.7. The molecule has 0 bridgehead atoms. The standard InChI is InChI=1S/C39H36ClN3O4S2/c1-2-47-39(46)35-32-20-21-43(24-27-10-5-3-6-11-27)25-33(32)49-38(35)42-37(45)36(28-12-7-4-8-13-28)48-31-15-9-14-30(23-31)41-34(44)22-26-16-18-29(40)19-17-26/h3-19,23,36H,2,20-22,24-25H2,1H3,(H,41,44)(H,42,45). The van der Waals surface area contributed by atoms with Crippen LogP contribution in [0.2, 0.25) is 5.02 Å². The van der Waals surface area contributed by atoms with E-state index in [2.05, 4.69) is 27.7 Å². The molecule has 4 aromatic carbocycles. The zero-order valence-electron chi connectivity index (χ0n) is 27.0. The number of benzene rings is 4. The number of fused-ring (bicyclic) bond motifs is 1. The maximum absolute atomic E-state index is 14.2. The number of carbonyl (C=O) groups is 3. The van der Waals surface area contributed by atoms with Crippen molar-refractivity contribution >= 4 is 63.2 Å². The predicted molar refractivity (Wildman–Crippen MR) is 198 cm³/mol. The smallest absolute Gasteiger partial charge is 0.341 e. The minimum absolute atomic E-state index is 0.155. The molecular formula is C39H36ClN3O4S2. The van der Waals surface area contributed by atoms with Gasteiger partial charge in [0, 0.05) is 40.1 Å². The van der Waals surface area contributed by atoms with Crippen molar-refractivity contribution in [2.24, 2.45) is 0 Å². The highest BCUT2D eigenvalue weighted by molar-refractivity contribution is 8.00. The Balaban J connectivity index is 1.22. The molecule has 0 radical (unpaired) electrons. The predicted octanol–water partition coefficient (Wildman–Crippen LogP) is 8.79. The van der Waals surface area contributed by atoms with Gasteiger partial charge in [0.1, 0.15) is 10.3 Å².